The summed E-state index contributed by atoms with van der Waals surface area (Å²) in [6.45, 7) is 5.90. The van der Waals surface area contributed by atoms with E-state index < -0.39 is 0 Å². The van der Waals surface area contributed by atoms with Crippen molar-refractivity contribution < 1.29 is 0 Å². The Morgan fingerprint density at radius 3 is 2.44 bits per heavy atom. The summed E-state index contributed by atoms with van der Waals surface area (Å²) in [7, 11) is 0. The molecule has 0 saturated heterocycles. The van der Waals surface area contributed by atoms with Gasteiger partial charge in [0.05, 0.1) is 23.0 Å². The number of aryl methyl sites for hydroxylation is 1. The Labute approximate surface area is 115 Å². The van der Waals surface area contributed by atoms with Gasteiger partial charge in [0.25, 0.3) is 0 Å². The van der Waals surface area contributed by atoms with Crippen LogP contribution in [0.15, 0.2) is 0 Å². The average Bonchev–Trinajstić information content (AvgIpc) is 2.59. The molecule has 0 aromatic carbocycles. The zero-order valence-electron chi connectivity index (χ0n) is 11.5. The molecule has 1 aliphatic rings. The topological polar surface area (TPSA) is 29.9 Å². The Kier molecular flexibility index (Phi) is 5.07. The van der Waals surface area contributed by atoms with Gasteiger partial charge >= 0.3 is 0 Å². The number of hydrogen-bond donors (Lipinski definition) is 1. The van der Waals surface area contributed by atoms with Gasteiger partial charge in [-0.15, -0.1) is 0 Å². The molecule has 1 fully saturated rings. The van der Waals surface area contributed by atoms with E-state index in [1.165, 1.54) is 38.5 Å². The highest BCUT2D eigenvalue weighted by Gasteiger charge is 2.12. The van der Waals surface area contributed by atoms with Gasteiger partial charge in [-0.1, -0.05) is 37.3 Å². The molecule has 0 unspecified atom stereocenters. The van der Waals surface area contributed by atoms with Crippen molar-refractivity contribution in [3.63, 3.8) is 0 Å². The molecule has 4 heteroatoms. The quantitative estimate of drug-likeness (QED) is 0.849. The highest BCUT2D eigenvalue weighted by molar-refractivity contribution is 6.31. The number of halogens is 1. The molecule has 1 aromatic heterocycles. The van der Waals surface area contributed by atoms with Gasteiger partial charge in [0.2, 0.25) is 0 Å². The summed E-state index contributed by atoms with van der Waals surface area (Å²) in [6.07, 6.45) is 8.24. The van der Waals surface area contributed by atoms with Gasteiger partial charge in [-0.25, -0.2) is 0 Å². The normalized spacial score (nSPS) is 17.9. The van der Waals surface area contributed by atoms with Gasteiger partial charge in [0, 0.05) is 12.6 Å². The minimum absolute atomic E-state index is 0.708. The lowest BCUT2D eigenvalue weighted by molar-refractivity contribution is 0.434. The number of rotatable bonds is 4. The molecule has 1 aliphatic carbocycles. The van der Waals surface area contributed by atoms with Crippen molar-refractivity contribution in [2.24, 2.45) is 0 Å². The third kappa shape index (κ3) is 3.48. The number of aromatic nitrogens is 2. The molecule has 1 saturated carbocycles. The van der Waals surface area contributed by atoms with Crippen LogP contribution in [0.5, 0.6) is 0 Å². The average molecular weight is 270 g/mol. The monoisotopic (exact) mass is 269 g/mol. The Balaban J connectivity index is 1.79. The zero-order valence-corrected chi connectivity index (χ0v) is 12.3. The molecule has 3 nitrogen and oxygen atoms in total. The zero-order chi connectivity index (χ0) is 13.0. The molecule has 0 bridgehead atoms. The van der Waals surface area contributed by atoms with Crippen LogP contribution in [0.3, 0.4) is 0 Å². The Morgan fingerprint density at radius 2 is 1.89 bits per heavy atom. The predicted molar refractivity (Wildman–Crippen MR) is 76.2 cm³/mol. The second-order valence-corrected chi connectivity index (χ2v) is 5.73. The lowest BCUT2D eigenvalue weighted by Gasteiger charge is -2.16. The van der Waals surface area contributed by atoms with Crippen molar-refractivity contribution in [3.8, 4) is 0 Å². The van der Waals surface area contributed by atoms with E-state index in [4.69, 9.17) is 11.6 Å². The maximum Gasteiger partial charge on any atom is 0.0844 e. The molecular weight excluding hydrogens is 246 g/mol. The number of hydrogen-bond acceptors (Lipinski definition) is 2. The molecule has 102 valence electrons. The van der Waals surface area contributed by atoms with Crippen LogP contribution < -0.4 is 5.32 Å². The third-order valence-electron chi connectivity index (χ3n) is 3.90. The van der Waals surface area contributed by atoms with Crippen molar-refractivity contribution in [2.45, 2.75) is 65.0 Å². The summed E-state index contributed by atoms with van der Waals surface area (Å²) in [5, 5.41) is 8.93. The van der Waals surface area contributed by atoms with E-state index in [1.807, 2.05) is 18.5 Å². The highest BCUT2D eigenvalue weighted by Crippen LogP contribution is 2.19. The minimum Gasteiger partial charge on any atom is -0.312 e. The fraction of sp³-hybridized carbons (Fsp3) is 0.786. The fourth-order valence-corrected chi connectivity index (χ4v) is 2.89. The van der Waals surface area contributed by atoms with Crippen molar-refractivity contribution in [1.29, 1.82) is 0 Å². The molecule has 1 N–H and O–H groups in total. The first-order valence-corrected chi connectivity index (χ1v) is 7.49. The first kappa shape index (κ1) is 13.9. The summed E-state index contributed by atoms with van der Waals surface area (Å²) < 4.78 is 2.02. The van der Waals surface area contributed by atoms with Crippen molar-refractivity contribution >= 4 is 11.6 Å². The molecule has 2 rings (SSSR count). The number of nitrogens with one attached hydrogen (secondary N) is 1. The van der Waals surface area contributed by atoms with E-state index in [0.717, 1.165) is 29.5 Å². The van der Waals surface area contributed by atoms with Crippen LogP contribution in [0.25, 0.3) is 0 Å². The van der Waals surface area contributed by atoms with Gasteiger partial charge < -0.3 is 5.32 Å². The summed E-state index contributed by atoms with van der Waals surface area (Å²) in [6, 6.07) is 0.708. The first-order chi connectivity index (χ1) is 8.68. The summed E-state index contributed by atoms with van der Waals surface area (Å²) in [4.78, 5) is 0. The second-order valence-electron chi connectivity index (χ2n) is 5.35. The molecule has 0 radical (unpaired) electrons. The molecule has 0 amide bonds. The Hall–Kier alpha value is -0.540. The lowest BCUT2D eigenvalue weighted by atomic mass is 10.1. The van der Waals surface area contributed by atoms with Crippen LogP contribution in [0, 0.1) is 13.8 Å². The molecule has 1 aromatic rings. The van der Waals surface area contributed by atoms with Crippen molar-refractivity contribution in [3.05, 3.63) is 16.4 Å². The highest BCUT2D eigenvalue weighted by atomic mass is 35.5. The summed E-state index contributed by atoms with van der Waals surface area (Å²) in [5.41, 5.74) is 2.01. The van der Waals surface area contributed by atoms with Crippen molar-refractivity contribution in [1.82, 2.24) is 15.1 Å². The lowest BCUT2D eigenvalue weighted by Crippen LogP contribution is -2.31. The maximum absolute atomic E-state index is 6.14. The molecule has 18 heavy (non-hydrogen) atoms. The van der Waals surface area contributed by atoms with Crippen LogP contribution in [0.2, 0.25) is 5.02 Å². The molecule has 1 heterocycles. The van der Waals surface area contributed by atoms with Gasteiger partial charge in [-0.2, -0.15) is 5.10 Å². The van der Waals surface area contributed by atoms with Gasteiger partial charge in [-0.3, -0.25) is 4.68 Å². The standard InChI is InChI=1S/C14H24ClN3/c1-11-14(15)12(2)18(17-11)10-9-16-13-7-5-3-4-6-8-13/h13,16H,3-10H2,1-2H3. The van der Waals surface area contributed by atoms with Crippen LogP contribution in [0.1, 0.15) is 49.9 Å². The van der Waals surface area contributed by atoms with Crippen LogP contribution >= 0.6 is 11.6 Å². The molecule has 0 atom stereocenters. The van der Waals surface area contributed by atoms with Crippen LogP contribution in [0.4, 0.5) is 0 Å². The van der Waals surface area contributed by atoms with Crippen LogP contribution in [-0.4, -0.2) is 22.4 Å². The minimum atomic E-state index is 0.708. The van der Waals surface area contributed by atoms with Gasteiger partial charge in [-0.05, 0) is 26.7 Å². The van der Waals surface area contributed by atoms with Gasteiger partial charge in [0.1, 0.15) is 0 Å². The van der Waals surface area contributed by atoms with Crippen molar-refractivity contribution in [2.75, 3.05) is 6.54 Å². The largest absolute Gasteiger partial charge is 0.312 e. The van der Waals surface area contributed by atoms with E-state index in [0.29, 0.717) is 6.04 Å². The molecule has 0 aliphatic heterocycles. The maximum atomic E-state index is 6.14. The van der Waals surface area contributed by atoms with E-state index >= 15 is 0 Å². The third-order valence-corrected chi connectivity index (χ3v) is 4.45. The summed E-state index contributed by atoms with van der Waals surface area (Å²) in [5.74, 6) is 0. The second kappa shape index (κ2) is 6.58. The van der Waals surface area contributed by atoms with E-state index in [9.17, 15) is 0 Å². The predicted octanol–water partition coefficient (Wildman–Crippen LogP) is 3.47. The van der Waals surface area contributed by atoms with E-state index in [1.54, 1.807) is 0 Å². The molecule has 0 spiro atoms. The van der Waals surface area contributed by atoms with E-state index in [-0.39, 0.29) is 0 Å². The van der Waals surface area contributed by atoms with E-state index in [2.05, 4.69) is 10.4 Å². The fourth-order valence-electron chi connectivity index (χ4n) is 2.75. The summed E-state index contributed by atoms with van der Waals surface area (Å²) >= 11 is 6.14. The smallest absolute Gasteiger partial charge is 0.0844 e. The molecular formula is C14H24ClN3. The van der Waals surface area contributed by atoms with Gasteiger partial charge in [0.15, 0.2) is 0 Å². The SMILES string of the molecule is Cc1nn(CCNC2CCCCCC2)c(C)c1Cl. The first-order valence-electron chi connectivity index (χ1n) is 7.11. The Morgan fingerprint density at radius 1 is 1.22 bits per heavy atom. The Bertz CT molecular complexity index is 379. The van der Waals surface area contributed by atoms with Crippen LogP contribution in [-0.2, 0) is 6.54 Å². The number of nitrogens with zero attached hydrogens (tertiary/aromatic N) is 2.